The lowest BCUT2D eigenvalue weighted by atomic mass is 10.0. The molecule has 0 unspecified atom stereocenters. The van der Waals surface area contributed by atoms with Crippen LogP contribution in [0.5, 0.6) is 0 Å². The number of benzene rings is 1. The highest BCUT2D eigenvalue weighted by atomic mass is 19.1. The summed E-state index contributed by atoms with van der Waals surface area (Å²) in [4.78, 5) is 32.2. The van der Waals surface area contributed by atoms with Gasteiger partial charge in [0.25, 0.3) is 0 Å². The number of hydrogen-bond acceptors (Lipinski definition) is 4. The minimum absolute atomic E-state index is 0.0342. The molecule has 2 N–H and O–H groups in total. The van der Waals surface area contributed by atoms with Gasteiger partial charge in [-0.2, -0.15) is 0 Å². The standard InChI is InChI=1S/C18H23FN4O3/c1-21(2)16(24)11-22-5-7-23(8-6-22)17(18(25)26)14-10-20-15-9-12(19)3-4-13(14)15/h3-4,9-10,17,20H,5-8,11H2,1-2H3,(H,25,26)/t17-/m1/s1. The van der Waals surface area contributed by atoms with Crippen molar-refractivity contribution in [2.45, 2.75) is 6.04 Å². The molecule has 8 heteroatoms. The summed E-state index contributed by atoms with van der Waals surface area (Å²) in [5.41, 5.74) is 1.21. The lowest BCUT2D eigenvalue weighted by Crippen LogP contribution is -2.51. The van der Waals surface area contributed by atoms with Crippen molar-refractivity contribution in [2.24, 2.45) is 0 Å². The van der Waals surface area contributed by atoms with Crippen molar-refractivity contribution in [3.05, 3.63) is 35.8 Å². The van der Waals surface area contributed by atoms with Gasteiger partial charge in [-0.05, 0) is 18.2 Å². The lowest BCUT2D eigenvalue weighted by Gasteiger charge is -2.37. The molecule has 1 fully saturated rings. The Kier molecular flexibility index (Phi) is 5.24. The number of nitrogens with zero attached hydrogens (tertiary/aromatic N) is 3. The van der Waals surface area contributed by atoms with Crippen LogP contribution in [0.4, 0.5) is 4.39 Å². The maximum absolute atomic E-state index is 13.4. The molecule has 0 spiro atoms. The largest absolute Gasteiger partial charge is 0.480 e. The fourth-order valence-electron chi connectivity index (χ4n) is 3.35. The smallest absolute Gasteiger partial charge is 0.325 e. The third-order valence-electron chi connectivity index (χ3n) is 4.83. The van der Waals surface area contributed by atoms with E-state index in [9.17, 15) is 19.1 Å². The highest BCUT2D eigenvalue weighted by molar-refractivity contribution is 5.89. The second kappa shape index (κ2) is 7.43. The molecule has 1 aromatic carbocycles. The van der Waals surface area contributed by atoms with E-state index >= 15 is 0 Å². The number of carboxylic acids is 1. The number of aromatic amines is 1. The molecule has 0 aliphatic carbocycles. The van der Waals surface area contributed by atoms with Gasteiger partial charge in [-0.15, -0.1) is 0 Å². The molecule has 1 saturated heterocycles. The van der Waals surface area contributed by atoms with Gasteiger partial charge in [0.1, 0.15) is 11.9 Å². The van der Waals surface area contributed by atoms with Gasteiger partial charge in [-0.25, -0.2) is 4.39 Å². The molecule has 0 saturated carbocycles. The second-order valence-corrected chi connectivity index (χ2v) is 6.77. The van der Waals surface area contributed by atoms with Crippen LogP contribution < -0.4 is 0 Å². The number of carbonyl (C=O) groups is 2. The van der Waals surface area contributed by atoms with Gasteiger partial charge < -0.3 is 15.0 Å². The van der Waals surface area contributed by atoms with Crippen molar-refractivity contribution in [1.29, 1.82) is 0 Å². The molecule has 0 bridgehead atoms. The predicted octanol–water partition coefficient (Wildman–Crippen LogP) is 1.14. The molecule has 2 aromatic rings. The van der Waals surface area contributed by atoms with Crippen LogP contribution in [0.25, 0.3) is 10.9 Å². The summed E-state index contributed by atoms with van der Waals surface area (Å²) in [7, 11) is 3.44. The van der Waals surface area contributed by atoms with Gasteiger partial charge in [-0.1, -0.05) is 0 Å². The van der Waals surface area contributed by atoms with Crippen LogP contribution in [0, 0.1) is 5.82 Å². The molecular formula is C18H23FN4O3. The Morgan fingerprint density at radius 3 is 2.58 bits per heavy atom. The molecule has 1 atom stereocenters. The second-order valence-electron chi connectivity index (χ2n) is 6.77. The van der Waals surface area contributed by atoms with Crippen LogP contribution in [-0.2, 0) is 9.59 Å². The van der Waals surface area contributed by atoms with Crippen molar-refractivity contribution in [1.82, 2.24) is 19.7 Å². The number of carboxylic acid groups (broad SMARTS) is 1. The summed E-state index contributed by atoms with van der Waals surface area (Å²) < 4.78 is 13.4. The predicted molar refractivity (Wildman–Crippen MR) is 95.3 cm³/mol. The third kappa shape index (κ3) is 3.71. The van der Waals surface area contributed by atoms with E-state index in [2.05, 4.69) is 4.98 Å². The topological polar surface area (TPSA) is 79.9 Å². The number of piperazine rings is 1. The Morgan fingerprint density at radius 2 is 1.96 bits per heavy atom. The normalized spacial score (nSPS) is 17.3. The van der Waals surface area contributed by atoms with Gasteiger partial charge in [0.2, 0.25) is 5.91 Å². The average molecular weight is 362 g/mol. The van der Waals surface area contributed by atoms with E-state index in [-0.39, 0.29) is 11.7 Å². The summed E-state index contributed by atoms with van der Waals surface area (Å²) in [5, 5.41) is 10.5. The van der Waals surface area contributed by atoms with Crippen molar-refractivity contribution in [3.63, 3.8) is 0 Å². The highest BCUT2D eigenvalue weighted by Gasteiger charge is 2.32. The molecule has 26 heavy (non-hydrogen) atoms. The first-order valence-corrected chi connectivity index (χ1v) is 8.52. The number of halogens is 1. The van der Waals surface area contributed by atoms with Gasteiger partial charge >= 0.3 is 5.97 Å². The van der Waals surface area contributed by atoms with Gasteiger partial charge in [-0.3, -0.25) is 19.4 Å². The molecule has 7 nitrogen and oxygen atoms in total. The molecule has 0 radical (unpaired) electrons. The number of amides is 1. The Bertz CT molecular complexity index is 812. The third-order valence-corrected chi connectivity index (χ3v) is 4.83. The Balaban J connectivity index is 1.75. The highest BCUT2D eigenvalue weighted by Crippen LogP contribution is 2.30. The summed E-state index contributed by atoms with van der Waals surface area (Å²) in [6.45, 7) is 2.68. The van der Waals surface area contributed by atoms with E-state index < -0.39 is 12.0 Å². The van der Waals surface area contributed by atoms with Gasteiger partial charge in [0.05, 0.1) is 6.54 Å². The first-order valence-electron chi connectivity index (χ1n) is 8.52. The number of aliphatic carboxylic acids is 1. The number of nitrogens with one attached hydrogen (secondary N) is 1. The summed E-state index contributed by atoms with van der Waals surface area (Å²) in [6.07, 6.45) is 1.64. The quantitative estimate of drug-likeness (QED) is 0.834. The first kappa shape index (κ1) is 18.3. The van der Waals surface area contributed by atoms with Crippen LogP contribution in [0.15, 0.2) is 24.4 Å². The number of rotatable bonds is 5. The average Bonchev–Trinajstić information content (AvgIpc) is 2.99. The number of likely N-dealkylation sites (N-methyl/N-ethyl adjacent to an activating group) is 1. The van der Waals surface area contributed by atoms with Crippen molar-refractivity contribution in [3.8, 4) is 0 Å². The Morgan fingerprint density at radius 1 is 1.27 bits per heavy atom. The number of fused-ring (bicyclic) bond motifs is 1. The molecule has 3 rings (SSSR count). The number of aromatic nitrogens is 1. The molecule has 1 amide bonds. The van der Waals surface area contributed by atoms with E-state index in [0.29, 0.717) is 49.2 Å². The molecule has 2 heterocycles. The zero-order valence-electron chi connectivity index (χ0n) is 14.9. The van der Waals surface area contributed by atoms with Crippen LogP contribution in [-0.4, -0.2) is 83.5 Å². The molecule has 140 valence electrons. The fourth-order valence-corrected chi connectivity index (χ4v) is 3.35. The summed E-state index contributed by atoms with van der Waals surface area (Å²) in [6, 6.07) is 3.51. The van der Waals surface area contributed by atoms with Crippen LogP contribution >= 0.6 is 0 Å². The zero-order valence-corrected chi connectivity index (χ0v) is 14.9. The van der Waals surface area contributed by atoms with E-state index in [1.807, 2.05) is 9.80 Å². The van der Waals surface area contributed by atoms with Gasteiger partial charge in [0.15, 0.2) is 0 Å². The van der Waals surface area contributed by atoms with Crippen LogP contribution in [0.3, 0.4) is 0 Å². The first-order chi connectivity index (χ1) is 12.4. The van der Waals surface area contributed by atoms with E-state index in [0.717, 1.165) is 0 Å². The number of H-pyrrole nitrogens is 1. The lowest BCUT2D eigenvalue weighted by molar-refractivity contribution is -0.145. The number of hydrogen-bond donors (Lipinski definition) is 2. The van der Waals surface area contributed by atoms with E-state index in [1.165, 1.54) is 12.1 Å². The van der Waals surface area contributed by atoms with Crippen molar-refractivity contribution < 1.29 is 19.1 Å². The Labute approximate surface area is 151 Å². The summed E-state index contributed by atoms with van der Waals surface area (Å²) >= 11 is 0. The SMILES string of the molecule is CN(C)C(=O)CN1CCN([C@@H](C(=O)O)c2c[nH]c3cc(F)ccc23)CC1. The van der Waals surface area contributed by atoms with Crippen molar-refractivity contribution >= 4 is 22.8 Å². The number of carbonyl (C=O) groups excluding carboxylic acids is 1. The van der Waals surface area contributed by atoms with Gasteiger partial charge in [0, 0.05) is 62.9 Å². The fraction of sp³-hybridized carbons (Fsp3) is 0.444. The molecule has 1 aliphatic heterocycles. The Hall–Kier alpha value is -2.45. The van der Waals surface area contributed by atoms with Crippen LogP contribution in [0.2, 0.25) is 0 Å². The van der Waals surface area contributed by atoms with Crippen LogP contribution in [0.1, 0.15) is 11.6 Å². The minimum Gasteiger partial charge on any atom is -0.480 e. The summed E-state index contributed by atoms with van der Waals surface area (Å²) in [5.74, 6) is -1.27. The van der Waals surface area contributed by atoms with E-state index in [4.69, 9.17) is 0 Å². The molecule has 1 aromatic heterocycles. The monoisotopic (exact) mass is 362 g/mol. The maximum Gasteiger partial charge on any atom is 0.325 e. The molecule has 1 aliphatic rings. The molecular weight excluding hydrogens is 339 g/mol. The van der Waals surface area contributed by atoms with Crippen molar-refractivity contribution in [2.75, 3.05) is 46.8 Å². The zero-order chi connectivity index (χ0) is 18.8. The minimum atomic E-state index is -0.937. The maximum atomic E-state index is 13.4. The van der Waals surface area contributed by atoms with E-state index in [1.54, 1.807) is 31.3 Å².